The van der Waals surface area contributed by atoms with E-state index in [1.54, 1.807) is 24.4 Å². The van der Waals surface area contributed by atoms with Crippen LogP contribution in [0.25, 0.3) is 22.0 Å². The van der Waals surface area contributed by atoms with E-state index >= 15 is 0 Å². The number of pyridine rings is 1. The van der Waals surface area contributed by atoms with Gasteiger partial charge in [0.25, 0.3) is 0 Å². The third-order valence-electron chi connectivity index (χ3n) is 6.73. The smallest absolute Gasteiger partial charge is 0.169 e. The van der Waals surface area contributed by atoms with Crippen LogP contribution in [0.15, 0.2) is 36.5 Å². The second-order valence-corrected chi connectivity index (χ2v) is 9.14. The first kappa shape index (κ1) is 21.6. The lowest BCUT2D eigenvalue weighted by Crippen LogP contribution is -2.33. The van der Waals surface area contributed by atoms with Crippen molar-refractivity contribution >= 4 is 28.7 Å². The van der Waals surface area contributed by atoms with Crippen LogP contribution >= 0.6 is 0 Å². The number of nitrogens with two attached hydrogens (primary N) is 1. The molecule has 0 radical (unpaired) electrons. The van der Waals surface area contributed by atoms with Gasteiger partial charge in [0.1, 0.15) is 11.6 Å². The fraction of sp³-hybridized carbons (Fsp3) is 0.346. The summed E-state index contributed by atoms with van der Waals surface area (Å²) in [5.74, 6) is -1.70. The van der Waals surface area contributed by atoms with Gasteiger partial charge in [-0.2, -0.15) is 0 Å². The Morgan fingerprint density at radius 3 is 2.33 bits per heavy atom. The molecule has 2 aliphatic carbocycles. The molecular formula is C26H25F2N3O2. The standard InChI is InChI=1S/C26H25F2N3O2/c27-22-10-16(11-23(28)21(22)13-32)15-3-8-24-19(9-15)25(31-18-6-4-17(29)5-7-18)20(12-30-24)26(33)14-1-2-14/h3,8-14,17-18H,1-2,4-7,29H2,(H,30,31)/t17-,18+. The summed E-state index contributed by atoms with van der Waals surface area (Å²) in [7, 11) is 0. The maximum Gasteiger partial charge on any atom is 0.169 e. The molecule has 2 aliphatic rings. The molecule has 2 saturated carbocycles. The number of carbonyl (C=O) groups excluding carboxylic acids is 2. The van der Waals surface area contributed by atoms with E-state index in [9.17, 15) is 18.4 Å². The summed E-state index contributed by atoms with van der Waals surface area (Å²) in [6.07, 6.45) is 7.23. The maximum absolute atomic E-state index is 14.2. The minimum absolute atomic E-state index is 0.0341. The highest BCUT2D eigenvalue weighted by molar-refractivity contribution is 6.10. The molecule has 0 bridgehead atoms. The van der Waals surface area contributed by atoms with Gasteiger partial charge in [0, 0.05) is 29.6 Å². The van der Waals surface area contributed by atoms with Crippen molar-refractivity contribution in [1.29, 1.82) is 0 Å². The number of benzene rings is 2. The molecule has 5 rings (SSSR count). The van der Waals surface area contributed by atoms with Gasteiger partial charge in [-0.05, 0) is 73.9 Å². The normalized spacial score (nSPS) is 20.6. The average Bonchev–Trinajstić information content (AvgIpc) is 3.65. The number of halogens is 2. The van der Waals surface area contributed by atoms with Crippen molar-refractivity contribution in [1.82, 2.24) is 4.98 Å². The Kier molecular flexibility index (Phi) is 5.66. The van der Waals surface area contributed by atoms with E-state index in [2.05, 4.69) is 10.3 Å². The molecule has 0 unspecified atom stereocenters. The minimum Gasteiger partial charge on any atom is -0.381 e. The molecule has 0 amide bonds. The van der Waals surface area contributed by atoms with Crippen LogP contribution < -0.4 is 11.1 Å². The van der Waals surface area contributed by atoms with Crippen molar-refractivity contribution in [3.8, 4) is 11.1 Å². The van der Waals surface area contributed by atoms with E-state index in [1.165, 1.54) is 0 Å². The number of nitrogens with zero attached hydrogens (tertiary/aromatic N) is 1. The van der Waals surface area contributed by atoms with Crippen molar-refractivity contribution in [2.24, 2.45) is 11.7 Å². The van der Waals surface area contributed by atoms with Crippen LogP contribution in [0, 0.1) is 17.6 Å². The SMILES string of the molecule is N[C@H]1CC[C@@H](Nc2c(C(=O)C3CC3)cnc3ccc(-c4cc(F)c(C=O)c(F)c4)cc23)CC1. The van der Waals surface area contributed by atoms with E-state index in [0.29, 0.717) is 22.2 Å². The predicted molar refractivity (Wildman–Crippen MR) is 123 cm³/mol. The molecule has 3 N–H and O–H groups in total. The molecule has 170 valence electrons. The number of nitrogens with one attached hydrogen (secondary N) is 1. The van der Waals surface area contributed by atoms with Crippen molar-refractivity contribution in [3.63, 3.8) is 0 Å². The highest BCUT2D eigenvalue weighted by Crippen LogP contribution is 2.38. The Labute approximate surface area is 190 Å². The zero-order chi connectivity index (χ0) is 23.1. The Balaban J connectivity index is 1.61. The second-order valence-electron chi connectivity index (χ2n) is 9.14. The van der Waals surface area contributed by atoms with Gasteiger partial charge < -0.3 is 11.1 Å². The summed E-state index contributed by atoms with van der Waals surface area (Å²) in [6.45, 7) is 0. The Morgan fingerprint density at radius 2 is 1.70 bits per heavy atom. The summed E-state index contributed by atoms with van der Waals surface area (Å²) in [5.41, 5.74) is 8.33. The molecule has 33 heavy (non-hydrogen) atoms. The van der Waals surface area contributed by atoms with Crippen molar-refractivity contribution in [2.45, 2.75) is 50.6 Å². The number of aldehydes is 1. The molecule has 5 nitrogen and oxygen atoms in total. The topological polar surface area (TPSA) is 85.1 Å². The number of aromatic nitrogens is 1. The lowest BCUT2D eigenvalue weighted by Gasteiger charge is -2.29. The molecule has 0 atom stereocenters. The molecule has 7 heteroatoms. The summed E-state index contributed by atoms with van der Waals surface area (Å²) in [5, 5.41) is 4.32. The molecule has 3 aromatic rings. The van der Waals surface area contributed by atoms with Crippen molar-refractivity contribution in [2.75, 3.05) is 5.32 Å². The molecule has 0 saturated heterocycles. The van der Waals surface area contributed by atoms with Gasteiger partial charge >= 0.3 is 0 Å². The van der Waals surface area contributed by atoms with E-state index < -0.39 is 17.2 Å². The molecule has 0 aliphatic heterocycles. The van der Waals surface area contributed by atoms with E-state index in [4.69, 9.17) is 5.73 Å². The zero-order valence-corrected chi connectivity index (χ0v) is 18.1. The molecule has 1 aromatic heterocycles. The van der Waals surface area contributed by atoms with E-state index in [-0.39, 0.29) is 30.1 Å². The maximum atomic E-state index is 14.2. The van der Waals surface area contributed by atoms with E-state index in [0.717, 1.165) is 61.7 Å². The van der Waals surface area contributed by atoms with Gasteiger partial charge in [-0.3, -0.25) is 14.6 Å². The summed E-state index contributed by atoms with van der Waals surface area (Å²) >= 11 is 0. The lowest BCUT2D eigenvalue weighted by atomic mass is 9.91. The Morgan fingerprint density at radius 1 is 1.00 bits per heavy atom. The zero-order valence-electron chi connectivity index (χ0n) is 18.1. The number of anilines is 1. The third-order valence-corrected chi connectivity index (χ3v) is 6.73. The quantitative estimate of drug-likeness (QED) is 0.396. The predicted octanol–water partition coefficient (Wildman–Crippen LogP) is 5.27. The van der Waals surface area contributed by atoms with Crippen LogP contribution in [0.3, 0.4) is 0 Å². The second kappa shape index (κ2) is 8.63. The lowest BCUT2D eigenvalue weighted by molar-refractivity contribution is 0.0967. The summed E-state index contributed by atoms with van der Waals surface area (Å²) < 4.78 is 28.5. The van der Waals surface area contributed by atoms with Gasteiger partial charge in [0.2, 0.25) is 0 Å². The third kappa shape index (κ3) is 4.25. The summed E-state index contributed by atoms with van der Waals surface area (Å²) in [6, 6.07) is 8.00. The Bertz CT molecular complexity index is 1220. The van der Waals surface area contributed by atoms with Crippen LogP contribution in [0.2, 0.25) is 0 Å². The molecule has 2 aromatic carbocycles. The number of rotatable bonds is 6. The highest BCUT2D eigenvalue weighted by Gasteiger charge is 2.33. The number of Topliss-reactive ketones (excluding diaryl/α,β-unsaturated/α-hetero) is 1. The van der Waals surface area contributed by atoms with Crippen LogP contribution in [-0.4, -0.2) is 29.1 Å². The van der Waals surface area contributed by atoms with Crippen LogP contribution in [-0.2, 0) is 0 Å². The van der Waals surface area contributed by atoms with Gasteiger partial charge in [-0.25, -0.2) is 8.78 Å². The molecule has 0 spiro atoms. The van der Waals surface area contributed by atoms with Gasteiger partial charge in [-0.15, -0.1) is 0 Å². The number of ketones is 1. The Hall–Kier alpha value is -3.19. The molecule has 1 heterocycles. The molecule has 2 fully saturated rings. The first-order valence-corrected chi connectivity index (χ1v) is 11.4. The van der Waals surface area contributed by atoms with E-state index in [1.807, 2.05) is 0 Å². The van der Waals surface area contributed by atoms with Crippen molar-refractivity contribution in [3.05, 3.63) is 59.3 Å². The first-order chi connectivity index (χ1) is 15.9. The van der Waals surface area contributed by atoms with Gasteiger partial charge in [0.15, 0.2) is 12.1 Å². The largest absolute Gasteiger partial charge is 0.381 e. The minimum atomic E-state index is -0.909. The summed E-state index contributed by atoms with van der Waals surface area (Å²) in [4.78, 5) is 28.5. The number of carbonyl (C=O) groups is 2. The number of fused-ring (bicyclic) bond motifs is 1. The van der Waals surface area contributed by atoms with Gasteiger partial charge in [0.05, 0.1) is 22.3 Å². The molecular weight excluding hydrogens is 424 g/mol. The van der Waals surface area contributed by atoms with Crippen molar-refractivity contribution < 1.29 is 18.4 Å². The van der Waals surface area contributed by atoms with Crippen LogP contribution in [0.5, 0.6) is 0 Å². The number of hydrogen-bond acceptors (Lipinski definition) is 5. The highest BCUT2D eigenvalue weighted by atomic mass is 19.1. The number of hydrogen-bond donors (Lipinski definition) is 2. The van der Waals surface area contributed by atoms with Gasteiger partial charge in [-0.1, -0.05) is 6.07 Å². The van der Waals surface area contributed by atoms with Crippen LogP contribution in [0.4, 0.5) is 14.5 Å². The fourth-order valence-electron chi connectivity index (χ4n) is 4.61. The van der Waals surface area contributed by atoms with Crippen LogP contribution in [0.1, 0.15) is 59.2 Å². The first-order valence-electron chi connectivity index (χ1n) is 11.4. The fourth-order valence-corrected chi connectivity index (χ4v) is 4.61. The monoisotopic (exact) mass is 449 g/mol. The average molecular weight is 450 g/mol.